The topological polar surface area (TPSA) is 62.5 Å². The first-order valence-corrected chi connectivity index (χ1v) is 12.6. The molecule has 172 valence electrons. The Balaban J connectivity index is 1.30. The van der Waals surface area contributed by atoms with Gasteiger partial charge in [0.25, 0.3) is 0 Å². The van der Waals surface area contributed by atoms with Crippen LogP contribution in [-0.2, 0) is 11.2 Å². The van der Waals surface area contributed by atoms with E-state index >= 15 is 0 Å². The van der Waals surface area contributed by atoms with Gasteiger partial charge in [0.15, 0.2) is 5.65 Å². The van der Waals surface area contributed by atoms with Gasteiger partial charge < -0.3 is 5.32 Å². The first-order valence-electron chi connectivity index (χ1n) is 12.6. The summed E-state index contributed by atoms with van der Waals surface area (Å²) >= 11 is 0. The van der Waals surface area contributed by atoms with Gasteiger partial charge in [-0.25, -0.2) is 9.50 Å². The minimum atomic E-state index is 0.149. The second-order valence-electron chi connectivity index (χ2n) is 10.2. The lowest BCUT2D eigenvalue weighted by molar-refractivity contribution is -0.121. The smallest absolute Gasteiger partial charge is 0.220 e. The molecule has 0 aromatic carbocycles. The molecule has 2 aromatic rings. The molecular formula is C26H37N5O. The number of hydrogen-bond donors (Lipinski definition) is 1. The van der Waals surface area contributed by atoms with Crippen molar-refractivity contribution in [2.75, 3.05) is 19.6 Å². The zero-order chi connectivity index (χ0) is 22.1. The normalized spacial score (nSPS) is 23.8. The molecule has 2 aliphatic carbocycles. The van der Waals surface area contributed by atoms with Gasteiger partial charge in [-0.05, 0) is 89.2 Å². The number of fused-ring (bicyclic) bond motifs is 1. The van der Waals surface area contributed by atoms with Crippen LogP contribution in [0.1, 0.15) is 80.1 Å². The molecule has 6 heteroatoms. The average Bonchev–Trinajstić information content (AvgIpc) is 3.35. The van der Waals surface area contributed by atoms with E-state index in [0.717, 1.165) is 47.2 Å². The van der Waals surface area contributed by atoms with Crippen molar-refractivity contribution in [2.45, 2.75) is 77.7 Å². The number of nitrogens with one attached hydrogen (secondary N) is 1. The van der Waals surface area contributed by atoms with E-state index in [1.165, 1.54) is 58.0 Å². The summed E-state index contributed by atoms with van der Waals surface area (Å²) in [6.07, 6.45) is 14.6. The van der Waals surface area contributed by atoms with E-state index in [0.29, 0.717) is 18.4 Å². The summed E-state index contributed by atoms with van der Waals surface area (Å²) in [5.74, 6) is 1.64. The van der Waals surface area contributed by atoms with E-state index in [-0.39, 0.29) is 5.91 Å². The molecule has 1 amide bonds. The Bertz CT molecular complexity index is 1010. The Hall–Kier alpha value is -2.21. The molecule has 2 aromatic heterocycles. The molecular weight excluding hydrogens is 398 g/mol. The van der Waals surface area contributed by atoms with Gasteiger partial charge in [-0.15, -0.1) is 0 Å². The van der Waals surface area contributed by atoms with Crippen LogP contribution >= 0.6 is 0 Å². The van der Waals surface area contributed by atoms with Gasteiger partial charge in [-0.3, -0.25) is 9.69 Å². The number of nitrogens with zero attached hydrogens (tertiary/aromatic N) is 4. The SMILES string of the molecule is Cc1nc2cc([C@H]3CCCN3C[C@H]3CC=CCC3)nn2c(C)c1CCC(=O)NCC1CC1. The second kappa shape index (κ2) is 9.34. The zero-order valence-corrected chi connectivity index (χ0v) is 19.6. The third kappa shape index (κ3) is 4.75. The molecule has 0 bridgehead atoms. The van der Waals surface area contributed by atoms with Gasteiger partial charge in [-0.1, -0.05) is 12.2 Å². The first-order chi connectivity index (χ1) is 15.6. The van der Waals surface area contributed by atoms with Crippen LogP contribution in [0.25, 0.3) is 5.65 Å². The molecule has 3 heterocycles. The zero-order valence-electron chi connectivity index (χ0n) is 19.6. The van der Waals surface area contributed by atoms with Gasteiger partial charge in [0, 0.05) is 37.0 Å². The van der Waals surface area contributed by atoms with Crippen molar-refractivity contribution in [1.29, 1.82) is 0 Å². The summed E-state index contributed by atoms with van der Waals surface area (Å²) in [7, 11) is 0. The minimum Gasteiger partial charge on any atom is -0.356 e. The summed E-state index contributed by atoms with van der Waals surface area (Å²) in [5, 5.41) is 8.11. The van der Waals surface area contributed by atoms with Crippen LogP contribution in [0, 0.1) is 25.7 Å². The summed E-state index contributed by atoms with van der Waals surface area (Å²) in [5.41, 5.74) is 5.39. The third-order valence-corrected chi connectivity index (χ3v) is 7.65. The number of aryl methyl sites for hydroxylation is 2. The molecule has 1 saturated heterocycles. The number of likely N-dealkylation sites (tertiary alicyclic amines) is 1. The number of amides is 1. The van der Waals surface area contributed by atoms with E-state index in [2.05, 4.69) is 42.3 Å². The van der Waals surface area contributed by atoms with Gasteiger partial charge in [0.2, 0.25) is 5.91 Å². The second-order valence-corrected chi connectivity index (χ2v) is 10.2. The molecule has 32 heavy (non-hydrogen) atoms. The quantitative estimate of drug-likeness (QED) is 0.628. The molecule has 2 atom stereocenters. The van der Waals surface area contributed by atoms with Gasteiger partial charge in [-0.2, -0.15) is 5.10 Å². The Labute approximate surface area is 191 Å². The van der Waals surface area contributed by atoms with Crippen molar-refractivity contribution in [3.63, 3.8) is 0 Å². The number of hydrogen-bond acceptors (Lipinski definition) is 4. The van der Waals surface area contributed by atoms with E-state index in [1.807, 2.05) is 4.52 Å². The highest BCUT2D eigenvalue weighted by molar-refractivity contribution is 5.76. The summed E-state index contributed by atoms with van der Waals surface area (Å²) in [4.78, 5) is 19.8. The molecule has 0 unspecified atom stereocenters. The average molecular weight is 436 g/mol. The lowest BCUT2D eigenvalue weighted by Crippen LogP contribution is -2.30. The number of carbonyl (C=O) groups is 1. The number of allylic oxidation sites excluding steroid dienone is 2. The van der Waals surface area contributed by atoms with Crippen LogP contribution < -0.4 is 5.32 Å². The van der Waals surface area contributed by atoms with Crippen molar-refractivity contribution in [2.24, 2.45) is 11.8 Å². The van der Waals surface area contributed by atoms with Gasteiger partial charge in [0.05, 0.1) is 11.7 Å². The largest absolute Gasteiger partial charge is 0.356 e. The molecule has 1 N–H and O–H groups in total. The lowest BCUT2D eigenvalue weighted by Gasteiger charge is -2.28. The van der Waals surface area contributed by atoms with E-state index in [9.17, 15) is 4.79 Å². The molecule has 0 radical (unpaired) electrons. The van der Waals surface area contributed by atoms with Gasteiger partial charge in [0.1, 0.15) is 0 Å². The Kier molecular flexibility index (Phi) is 6.31. The molecule has 5 rings (SSSR count). The maximum Gasteiger partial charge on any atom is 0.220 e. The lowest BCUT2D eigenvalue weighted by atomic mass is 9.93. The van der Waals surface area contributed by atoms with Crippen molar-refractivity contribution in [1.82, 2.24) is 24.8 Å². The van der Waals surface area contributed by atoms with Crippen molar-refractivity contribution in [3.8, 4) is 0 Å². The Morgan fingerprint density at radius 3 is 2.81 bits per heavy atom. The van der Waals surface area contributed by atoms with Crippen LogP contribution in [0.5, 0.6) is 0 Å². The van der Waals surface area contributed by atoms with Crippen LogP contribution in [-0.4, -0.2) is 45.0 Å². The molecule has 2 fully saturated rings. The van der Waals surface area contributed by atoms with Crippen LogP contribution in [0.4, 0.5) is 0 Å². The standard InChI is InChI=1S/C26H37N5O/c1-18-22(12-13-26(32)27-16-20-10-11-20)19(2)31-25(28-18)15-23(29-31)24-9-6-14-30(24)17-21-7-4-3-5-8-21/h3-4,15,20-21,24H,5-14,16-17H2,1-2H3,(H,27,32)/t21-,24+/m0/s1. The van der Waals surface area contributed by atoms with E-state index < -0.39 is 0 Å². The molecule has 0 spiro atoms. The fourth-order valence-electron chi connectivity index (χ4n) is 5.51. The molecule has 1 aliphatic heterocycles. The highest BCUT2D eigenvalue weighted by atomic mass is 16.1. The van der Waals surface area contributed by atoms with Crippen LogP contribution in [0.2, 0.25) is 0 Å². The highest BCUT2D eigenvalue weighted by Crippen LogP contribution is 2.34. The third-order valence-electron chi connectivity index (χ3n) is 7.65. The summed E-state index contributed by atoms with van der Waals surface area (Å²) in [6, 6.07) is 2.59. The minimum absolute atomic E-state index is 0.149. The van der Waals surface area contributed by atoms with Crippen LogP contribution in [0.15, 0.2) is 18.2 Å². The maximum atomic E-state index is 12.2. The van der Waals surface area contributed by atoms with Crippen LogP contribution in [0.3, 0.4) is 0 Å². The molecule has 1 saturated carbocycles. The highest BCUT2D eigenvalue weighted by Gasteiger charge is 2.30. The van der Waals surface area contributed by atoms with Crippen molar-refractivity contribution < 1.29 is 4.79 Å². The fourth-order valence-corrected chi connectivity index (χ4v) is 5.51. The predicted molar refractivity (Wildman–Crippen MR) is 127 cm³/mol. The Morgan fingerprint density at radius 2 is 2.03 bits per heavy atom. The molecule has 6 nitrogen and oxygen atoms in total. The summed E-state index contributed by atoms with van der Waals surface area (Å²) < 4.78 is 2.01. The monoisotopic (exact) mass is 435 g/mol. The molecule has 3 aliphatic rings. The summed E-state index contributed by atoms with van der Waals surface area (Å²) in [6.45, 7) is 7.37. The number of aromatic nitrogens is 3. The number of carbonyl (C=O) groups excluding carboxylic acids is 1. The van der Waals surface area contributed by atoms with E-state index in [4.69, 9.17) is 10.1 Å². The number of rotatable bonds is 8. The van der Waals surface area contributed by atoms with E-state index in [1.54, 1.807) is 0 Å². The van der Waals surface area contributed by atoms with Gasteiger partial charge >= 0.3 is 0 Å². The predicted octanol–water partition coefficient (Wildman–Crippen LogP) is 4.30. The van der Waals surface area contributed by atoms with Crippen molar-refractivity contribution >= 4 is 11.6 Å². The fraction of sp³-hybridized carbons (Fsp3) is 0.654. The first kappa shape index (κ1) is 21.6. The Morgan fingerprint density at radius 1 is 1.16 bits per heavy atom. The van der Waals surface area contributed by atoms with Crippen molar-refractivity contribution in [3.05, 3.63) is 40.9 Å². The maximum absolute atomic E-state index is 12.2.